The molecule has 0 spiro atoms. The number of thioether (sulfide) groups is 1. The Morgan fingerprint density at radius 3 is 2.58 bits per heavy atom. The molecule has 0 bridgehead atoms. The van der Waals surface area contributed by atoms with Crippen molar-refractivity contribution in [3.63, 3.8) is 0 Å². The van der Waals surface area contributed by atoms with E-state index in [1.807, 2.05) is 12.1 Å². The van der Waals surface area contributed by atoms with Crippen LogP contribution in [0.15, 0.2) is 23.1 Å². The Balaban J connectivity index is 2.43. The number of fused-ring (bicyclic) bond motifs is 1. The van der Waals surface area contributed by atoms with E-state index in [2.05, 4.69) is 51.0 Å². The highest BCUT2D eigenvalue weighted by molar-refractivity contribution is 8.13. The Morgan fingerprint density at radius 2 is 1.95 bits per heavy atom. The van der Waals surface area contributed by atoms with Gasteiger partial charge in [0, 0.05) is 16.9 Å². The Morgan fingerprint density at radius 1 is 1.26 bits per heavy atom. The van der Waals surface area contributed by atoms with E-state index >= 15 is 0 Å². The molecule has 1 aliphatic rings. The number of hydrogen-bond donors (Lipinski definition) is 0. The third kappa shape index (κ3) is 3.52. The predicted molar refractivity (Wildman–Crippen MR) is 85.2 cm³/mol. The molecule has 1 nitrogen and oxygen atoms in total. The molecule has 0 fully saturated rings. The normalized spacial score (nSPS) is 17.4. The fourth-order valence-electron chi connectivity index (χ4n) is 2.10. The Hall–Kier alpha value is -0.983. The van der Waals surface area contributed by atoms with Gasteiger partial charge in [0.1, 0.15) is 8.07 Å². The summed E-state index contributed by atoms with van der Waals surface area (Å²) >= 11 is 1.37. The summed E-state index contributed by atoms with van der Waals surface area (Å²) in [4.78, 5) is 12.8. The van der Waals surface area contributed by atoms with Gasteiger partial charge in [-0.3, -0.25) is 4.79 Å². The first-order valence-corrected chi connectivity index (χ1v) is 10.9. The molecule has 1 heterocycles. The molecule has 3 heteroatoms. The molecule has 1 aromatic carbocycles. The second-order valence-electron chi connectivity index (χ2n) is 6.75. The second kappa shape index (κ2) is 4.85. The Kier molecular flexibility index (Phi) is 3.68. The van der Waals surface area contributed by atoms with Crippen molar-refractivity contribution in [3.05, 3.63) is 29.3 Å². The molecular weight excluding hydrogens is 268 g/mol. The molecule has 0 saturated heterocycles. The summed E-state index contributed by atoms with van der Waals surface area (Å²) in [5.74, 6) is 3.30. The maximum Gasteiger partial charge on any atom is 0.194 e. The van der Waals surface area contributed by atoms with Crippen LogP contribution in [0.1, 0.15) is 31.4 Å². The van der Waals surface area contributed by atoms with Crippen LogP contribution in [0.5, 0.6) is 0 Å². The molecule has 0 saturated carbocycles. The molecule has 0 N–H and O–H groups in total. The van der Waals surface area contributed by atoms with Crippen molar-refractivity contribution in [1.82, 2.24) is 0 Å². The molecule has 0 radical (unpaired) electrons. The zero-order chi connectivity index (χ0) is 14.3. The van der Waals surface area contributed by atoms with Crippen molar-refractivity contribution in [2.24, 2.45) is 0 Å². The highest BCUT2D eigenvalue weighted by atomic mass is 32.2. The van der Waals surface area contributed by atoms with Gasteiger partial charge in [-0.05, 0) is 29.2 Å². The van der Waals surface area contributed by atoms with E-state index in [1.165, 1.54) is 17.3 Å². The Bertz CT molecular complexity index is 585. The molecule has 0 aromatic heterocycles. The zero-order valence-electron chi connectivity index (χ0n) is 12.3. The molecule has 1 aliphatic heterocycles. The van der Waals surface area contributed by atoms with Crippen LogP contribution in [0, 0.1) is 11.5 Å². The molecule has 0 unspecified atom stereocenters. The van der Waals surface area contributed by atoms with Crippen molar-refractivity contribution >= 4 is 25.0 Å². The third-order valence-corrected chi connectivity index (χ3v) is 4.92. The van der Waals surface area contributed by atoms with Crippen molar-refractivity contribution in [2.75, 3.05) is 0 Å². The summed E-state index contributed by atoms with van der Waals surface area (Å²) in [6.45, 7) is 11.0. The lowest BCUT2D eigenvalue weighted by atomic mass is 9.81. The largest absolute Gasteiger partial charge is 0.287 e. The SMILES string of the molecule is CC1(C)CC(=O)Sc2ccc(C#C[Si](C)(C)C)cc21. The minimum absolute atomic E-state index is 0.0749. The second-order valence-corrected chi connectivity index (χ2v) is 12.6. The number of hydrogen-bond acceptors (Lipinski definition) is 2. The number of rotatable bonds is 0. The van der Waals surface area contributed by atoms with Crippen LogP contribution in [-0.4, -0.2) is 13.2 Å². The highest BCUT2D eigenvalue weighted by Crippen LogP contribution is 2.42. The van der Waals surface area contributed by atoms with E-state index in [1.54, 1.807) is 0 Å². The van der Waals surface area contributed by atoms with Gasteiger partial charge in [0.15, 0.2) is 5.12 Å². The van der Waals surface area contributed by atoms with Gasteiger partial charge < -0.3 is 0 Å². The van der Waals surface area contributed by atoms with Crippen molar-refractivity contribution in [3.8, 4) is 11.5 Å². The smallest absolute Gasteiger partial charge is 0.194 e. The van der Waals surface area contributed by atoms with Crippen LogP contribution in [0.2, 0.25) is 19.6 Å². The standard InChI is InChI=1S/C16H20OSSi/c1-16(2)11-15(17)18-14-7-6-12(10-13(14)16)8-9-19(3,4)5/h6-7,10H,11H2,1-5H3. The predicted octanol–water partition coefficient (Wildman–Crippen LogP) is 4.22. The summed E-state index contributed by atoms with van der Waals surface area (Å²) in [5, 5.41) is 0.262. The maximum atomic E-state index is 11.7. The molecule has 1 aromatic rings. The zero-order valence-corrected chi connectivity index (χ0v) is 14.1. The molecular formula is C16H20OSSi. The van der Waals surface area contributed by atoms with Crippen LogP contribution in [-0.2, 0) is 10.2 Å². The van der Waals surface area contributed by atoms with Crippen molar-refractivity contribution in [2.45, 2.75) is 50.2 Å². The lowest BCUT2D eigenvalue weighted by molar-refractivity contribution is -0.112. The van der Waals surface area contributed by atoms with Gasteiger partial charge in [0.05, 0.1) is 0 Å². The van der Waals surface area contributed by atoms with Crippen LogP contribution in [0.25, 0.3) is 0 Å². The third-order valence-electron chi connectivity index (χ3n) is 3.10. The van der Waals surface area contributed by atoms with Crippen molar-refractivity contribution < 1.29 is 4.79 Å². The highest BCUT2D eigenvalue weighted by Gasteiger charge is 2.32. The molecule has 0 aliphatic carbocycles. The van der Waals surface area contributed by atoms with Crippen LogP contribution < -0.4 is 0 Å². The summed E-state index contributed by atoms with van der Waals surface area (Å²) in [6.07, 6.45) is 0.607. The van der Waals surface area contributed by atoms with Gasteiger partial charge in [-0.2, -0.15) is 0 Å². The first-order valence-electron chi connectivity index (χ1n) is 6.56. The summed E-state index contributed by atoms with van der Waals surface area (Å²) in [6, 6.07) is 6.25. The summed E-state index contributed by atoms with van der Waals surface area (Å²) < 4.78 is 0. The molecule has 19 heavy (non-hydrogen) atoms. The molecule has 0 atom stereocenters. The number of benzene rings is 1. The first kappa shape index (κ1) is 14.4. The van der Waals surface area contributed by atoms with E-state index in [0.29, 0.717) is 6.42 Å². The quantitative estimate of drug-likeness (QED) is 0.525. The monoisotopic (exact) mass is 288 g/mol. The van der Waals surface area contributed by atoms with Crippen LogP contribution in [0.3, 0.4) is 0 Å². The van der Waals surface area contributed by atoms with E-state index in [4.69, 9.17) is 0 Å². The molecule has 0 amide bonds. The minimum Gasteiger partial charge on any atom is -0.287 e. The average molecular weight is 288 g/mol. The summed E-state index contributed by atoms with van der Waals surface area (Å²) in [5.41, 5.74) is 5.66. The maximum absolute atomic E-state index is 11.7. The first-order chi connectivity index (χ1) is 8.67. The molecule has 100 valence electrons. The van der Waals surface area contributed by atoms with Gasteiger partial charge in [-0.15, -0.1) is 5.54 Å². The molecule has 2 rings (SSSR count). The van der Waals surface area contributed by atoms with Gasteiger partial charge in [-0.25, -0.2) is 0 Å². The minimum atomic E-state index is -1.34. The van der Waals surface area contributed by atoms with Gasteiger partial charge in [-0.1, -0.05) is 51.2 Å². The van der Waals surface area contributed by atoms with Crippen LogP contribution in [0.4, 0.5) is 0 Å². The van der Waals surface area contributed by atoms with Gasteiger partial charge in [0.2, 0.25) is 0 Å². The average Bonchev–Trinajstić information content (AvgIpc) is 2.24. The topological polar surface area (TPSA) is 17.1 Å². The van der Waals surface area contributed by atoms with E-state index in [-0.39, 0.29) is 10.5 Å². The van der Waals surface area contributed by atoms with Crippen LogP contribution >= 0.6 is 11.8 Å². The lowest BCUT2D eigenvalue weighted by Gasteiger charge is -2.31. The van der Waals surface area contributed by atoms with Crippen molar-refractivity contribution in [1.29, 1.82) is 0 Å². The Labute approximate surface area is 121 Å². The summed E-state index contributed by atoms with van der Waals surface area (Å²) in [7, 11) is -1.34. The van der Waals surface area contributed by atoms with Gasteiger partial charge >= 0.3 is 0 Å². The van der Waals surface area contributed by atoms with E-state index in [0.717, 1.165) is 10.5 Å². The number of carbonyl (C=O) groups is 1. The fourth-order valence-corrected chi connectivity index (χ4v) is 3.88. The van der Waals surface area contributed by atoms with Gasteiger partial charge in [0.25, 0.3) is 0 Å². The van der Waals surface area contributed by atoms with E-state index < -0.39 is 8.07 Å². The van der Waals surface area contributed by atoms with E-state index in [9.17, 15) is 4.79 Å². The lowest BCUT2D eigenvalue weighted by Crippen LogP contribution is -2.25. The fraction of sp³-hybridized carbons (Fsp3) is 0.438. The number of carbonyl (C=O) groups excluding carboxylic acids is 1.